The molecule has 1 aliphatic carbocycles. The molecule has 1 aromatic carbocycles. The van der Waals surface area contributed by atoms with Gasteiger partial charge in [0.05, 0.1) is 10.6 Å². The van der Waals surface area contributed by atoms with E-state index in [0.29, 0.717) is 5.69 Å². The van der Waals surface area contributed by atoms with Crippen LogP contribution >= 0.6 is 0 Å². The minimum absolute atomic E-state index is 0.0716. The standard InChI is InChI=1S/C13H20N4O2/c1-2-5-16(9-10-3-4-10)12-6-11(15-14)7-13(8-12)17(18)19/h6-8,10,15H,2-5,9,14H2,1H3. The molecule has 0 saturated heterocycles. The van der Waals surface area contributed by atoms with Gasteiger partial charge in [-0.2, -0.15) is 0 Å². The summed E-state index contributed by atoms with van der Waals surface area (Å²) in [5.41, 5.74) is 4.01. The zero-order chi connectivity index (χ0) is 13.8. The van der Waals surface area contributed by atoms with Gasteiger partial charge in [0.2, 0.25) is 0 Å². The summed E-state index contributed by atoms with van der Waals surface area (Å²) in [5, 5.41) is 11.0. The number of nitro groups is 1. The molecule has 1 saturated carbocycles. The van der Waals surface area contributed by atoms with Crippen LogP contribution in [-0.2, 0) is 0 Å². The molecular weight excluding hydrogens is 244 g/mol. The van der Waals surface area contributed by atoms with Gasteiger partial charge < -0.3 is 10.3 Å². The molecule has 3 N–H and O–H groups in total. The normalized spacial score (nSPS) is 14.2. The van der Waals surface area contributed by atoms with Gasteiger partial charge in [0.1, 0.15) is 0 Å². The number of nitrogens with two attached hydrogens (primary N) is 1. The minimum Gasteiger partial charge on any atom is -0.371 e. The first-order valence-electron chi connectivity index (χ1n) is 6.65. The number of non-ortho nitro benzene ring substituents is 1. The molecule has 0 spiro atoms. The first-order chi connectivity index (χ1) is 9.13. The number of hydrogen-bond acceptors (Lipinski definition) is 5. The molecule has 0 aliphatic heterocycles. The molecule has 6 heteroatoms. The van der Waals surface area contributed by atoms with Crippen molar-refractivity contribution in [2.75, 3.05) is 23.4 Å². The highest BCUT2D eigenvalue weighted by Gasteiger charge is 2.25. The summed E-state index contributed by atoms with van der Waals surface area (Å²) >= 11 is 0. The Morgan fingerprint density at radius 3 is 2.74 bits per heavy atom. The van der Waals surface area contributed by atoms with Gasteiger partial charge in [0, 0.05) is 30.9 Å². The Hall–Kier alpha value is -1.82. The van der Waals surface area contributed by atoms with Gasteiger partial charge in [-0.1, -0.05) is 6.92 Å². The summed E-state index contributed by atoms with van der Waals surface area (Å²) in [6, 6.07) is 4.94. The van der Waals surface area contributed by atoms with E-state index in [1.165, 1.54) is 18.9 Å². The molecule has 1 aromatic rings. The van der Waals surface area contributed by atoms with Gasteiger partial charge in [-0.05, 0) is 31.2 Å². The van der Waals surface area contributed by atoms with Gasteiger partial charge in [-0.15, -0.1) is 0 Å². The number of nitrogen functional groups attached to an aromatic ring is 1. The first kappa shape index (κ1) is 13.6. The van der Waals surface area contributed by atoms with Crippen molar-refractivity contribution in [1.82, 2.24) is 0 Å². The molecule has 19 heavy (non-hydrogen) atoms. The number of hydrogen-bond donors (Lipinski definition) is 2. The fraction of sp³-hybridized carbons (Fsp3) is 0.538. The van der Waals surface area contributed by atoms with Crippen LogP contribution in [0.25, 0.3) is 0 Å². The molecule has 0 heterocycles. The predicted molar refractivity (Wildman–Crippen MR) is 76.1 cm³/mol. The van der Waals surface area contributed by atoms with E-state index in [-0.39, 0.29) is 10.6 Å². The number of rotatable bonds is 7. The highest BCUT2D eigenvalue weighted by atomic mass is 16.6. The fourth-order valence-corrected chi connectivity index (χ4v) is 2.17. The van der Waals surface area contributed by atoms with Crippen molar-refractivity contribution < 1.29 is 4.92 Å². The van der Waals surface area contributed by atoms with E-state index in [1.807, 2.05) is 6.07 Å². The van der Waals surface area contributed by atoms with E-state index in [2.05, 4.69) is 17.2 Å². The van der Waals surface area contributed by atoms with Crippen molar-refractivity contribution >= 4 is 17.1 Å². The van der Waals surface area contributed by atoms with Crippen LogP contribution in [0.2, 0.25) is 0 Å². The number of anilines is 2. The summed E-state index contributed by atoms with van der Waals surface area (Å²) in [6.07, 6.45) is 3.54. The van der Waals surface area contributed by atoms with Crippen molar-refractivity contribution in [3.63, 3.8) is 0 Å². The fourth-order valence-electron chi connectivity index (χ4n) is 2.17. The second-order valence-electron chi connectivity index (χ2n) is 5.03. The predicted octanol–water partition coefficient (Wildman–Crippen LogP) is 2.51. The third-order valence-electron chi connectivity index (χ3n) is 3.31. The molecule has 1 aliphatic rings. The van der Waals surface area contributed by atoms with Gasteiger partial charge >= 0.3 is 0 Å². The van der Waals surface area contributed by atoms with E-state index in [1.54, 1.807) is 6.07 Å². The van der Waals surface area contributed by atoms with Gasteiger partial charge in [-0.3, -0.25) is 16.0 Å². The molecule has 0 radical (unpaired) electrons. The summed E-state index contributed by atoms with van der Waals surface area (Å²) in [7, 11) is 0. The third kappa shape index (κ3) is 3.57. The van der Waals surface area contributed by atoms with Crippen LogP contribution < -0.4 is 16.2 Å². The van der Waals surface area contributed by atoms with E-state index >= 15 is 0 Å². The van der Waals surface area contributed by atoms with Crippen LogP contribution in [0.3, 0.4) is 0 Å². The van der Waals surface area contributed by atoms with Crippen LogP contribution in [0.4, 0.5) is 17.1 Å². The molecular formula is C13H20N4O2. The summed E-state index contributed by atoms with van der Waals surface area (Å²) in [4.78, 5) is 12.8. The van der Waals surface area contributed by atoms with Crippen molar-refractivity contribution in [1.29, 1.82) is 0 Å². The van der Waals surface area contributed by atoms with E-state index in [4.69, 9.17) is 5.84 Å². The number of benzene rings is 1. The van der Waals surface area contributed by atoms with Gasteiger partial charge in [-0.25, -0.2) is 0 Å². The largest absolute Gasteiger partial charge is 0.371 e. The van der Waals surface area contributed by atoms with Crippen LogP contribution in [0.15, 0.2) is 18.2 Å². The van der Waals surface area contributed by atoms with Crippen LogP contribution in [0.5, 0.6) is 0 Å². The lowest BCUT2D eigenvalue weighted by Crippen LogP contribution is -2.26. The third-order valence-corrected chi connectivity index (χ3v) is 3.31. The molecule has 0 aromatic heterocycles. The second-order valence-corrected chi connectivity index (χ2v) is 5.03. The number of nitro benzene ring substituents is 1. The monoisotopic (exact) mass is 264 g/mol. The Kier molecular flexibility index (Phi) is 4.21. The van der Waals surface area contributed by atoms with E-state index in [0.717, 1.165) is 31.1 Å². The lowest BCUT2D eigenvalue weighted by Gasteiger charge is -2.24. The van der Waals surface area contributed by atoms with Crippen molar-refractivity contribution in [2.24, 2.45) is 11.8 Å². The Bertz CT molecular complexity index is 460. The maximum absolute atomic E-state index is 11.0. The first-order valence-corrected chi connectivity index (χ1v) is 6.65. The maximum atomic E-state index is 11.0. The smallest absolute Gasteiger partial charge is 0.273 e. The van der Waals surface area contributed by atoms with Crippen molar-refractivity contribution in [3.05, 3.63) is 28.3 Å². The molecule has 104 valence electrons. The van der Waals surface area contributed by atoms with Crippen molar-refractivity contribution in [3.8, 4) is 0 Å². The molecule has 1 fully saturated rings. The number of nitrogens with one attached hydrogen (secondary N) is 1. The van der Waals surface area contributed by atoms with Crippen LogP contribution in [0.1, 0.15) is 26.2 Å². The second kappa shape index (κ2) is 5.88. The average molecular weight is 264 g/mol. The Morgan fingerprint density at radius 1 is 1.47 bits per heavy atom. The summed E-state index contributed by atoms with van der Waals surface area (Å²) < 4.78 is 0. The van der Waals surface area contributed by atoms with Gasteiger partial charge in [0.15, 0.2) is 0 Å². The highest BCUT2D eigenvalue weighted by molar-refractivity contribution is 5.64. The van der Waals surface area contributed by atoms with Crippen molar-refractivity contribution in [2.45, 2.75) is 26.2 Å². The zero-order valence-corrected chi connectivity index (χ0v) is 11.1. The summed E-state index contributed by atoms with van der Waals surface area (Å²) in [5.74, 6) is 6.12. The van der Waals surface area contributed by atoms with Gasteiger partial charge in [0.25, 0.3) is 5.69 Å². The molecule has 0 amide bonds. The lowest BCUT2D eigenvalue weighted by molar-refractivity contribution is -0.384. The Labute approximate surface area is 112 Å². The number of hydrazine groups is 1. The minimum atomic E-state index is -0.383. The average Bonchev–Trinajstić information content (AvgIpc) is 3.21. The SMILES string of the molecule is CCCN(CC1CC1)c1cc(NN)cc([N+](=O)[O-])c1. The maximum Gasteiger partial charge on any atom is 0.273 e. The highest BCUT2D eigenvalue weighted by Crippen LogP contribution is 2.33. The molecule has 0 atom stereocenters. The van der Waals surface area contributed by atoms with Crippen LogP contribution in [0, 0.1) is 16.0 Å². The molecule has 2 rings (SSSR count). The Balaban J connectivity index is 2.27. The molecule has 0 unspecified atom stereocenters. The quantitative estimate of drug-likeness (QED) is 0.449. The lowest BCUT2D eigenvalue weighted by atomic mass is 10.2. The van der Waals surface area contributed by atoms with E-state index < -0.39 is 0 Å². The van der Waals surface area contributed by atoms with E-state index in [9.17, 15) is 10.1 Å². The molecule has 6 nitrogen and oxygen atoms in total. The topological polar surface area (TPSA) is 84.4 Å². The summed E-state index contributed by atoms with van der Waals surface area (Å²) in [6.45, 7) is 3.99. The number of nitrogens with zero attached hydrogens (tertiary/aromatic N) is 2. The Morgan fingerprint density at radius 2 is 2.21 bits per heavy atom. The van der Waals surface area contributed by atoms with Crippen LogP contribution in [-0.4, -0.2) is 18.0 Å². The zero-order valence-electron chi connectivity index (χ0n) is 11.1. The molecule has 0 bridgehead atoms.